The van der Waals surface area contributed by atoms with Crippen LogP contribution < -0.4 is 5.32 Å². The molecule has 0 saturated carbocycles. The lowest BCUT2D eigenvalue weighted by molar-refractivity contribution is 0.213. The molecule has 0 spiro atoms. The third-order valence-corrected chi connectivity index (χ3v) is 7.65. The summed E-state index contributed by atoms with van der Waals surface area (Å²) in [5.41, 5.74) is 2.26. The molecule has 2 aliphatic heterocycles. The van der Waals surface area contributed by atoms with E-state index in [1.165, 1.54) is 18.3 Å². The van der Waals surface area contributed by atoms with Gasteiger partial charge >= 0.3 is 5.37 Å². The molecule has 2 fully saturated rings. The number of rotatable bonds is 6. The van der Waals surface area contributed by atoms with Gasteiger partial charge in [0.05, 0.1) is 25.2 Å². The van der Waals surface area contributed by atoms with Crippen LogP contribution in [-0.4, -0.2) is 52.9 Å². The molecule has 2 saturated heterocycles. The third-order valence-electron chi connectivity index (χ3n) is 6.93. The van der Waals surface area contributed by atoms with Crippen molar-refractivity contribution in [1.82, 2.24) is 39.7 Å². The Morgan fingerprint density at radius 3 is 1.92 bits per heavy atom. The van der Waals surface area contributed by atoms with Crippen molar-refractivity contribution in [2.75, 3.05) is 13.1 Å². The zero-order valence-corrected chi connectivity index (χ0v) is 23.5. The molecule has 204 valence electrons. The molecule has 2 aromatic heterocycles. The molecular weight excluding hydrogens is 559 g/mol. The lowest BCUT2D eigenvalue weighted by Gasteiger charge is -2.21. The summed E-state index contributed by atoms with van der Waals surface area (Å²) in [5.74, 6) is 1.80. The molecule has 0 bridgehead atoms. The van der Waals surface area contributed by atoms with E-state index >= 15 is 0 Å². The molecular formula is C27H29Cl3N8O. The standard InChI is InChI=1S/C14H14Cl2N4O.C13H15ClN4/c15-11-5-3-10(4-6-11)8-20-13(17-9-18-20)12-2-1-7-19(12)14(16)21;14-11-5-3-10(4-6-11)8-18-13(16-9-17-18)12-2-1-7-15-12/h3-6,9,12H,1-2,7-8H2;3-6,9,12,15H,1-2,7-8H2/t2*12-/m11/s1. The molecule has 2 aromatic carbocycles. The second kappa shape index (κ2) is 12.9. The zero-order valence-electron chi connectivity index (χ0n) is 21.3. The fourth-order valence-electron chi connectivity index (χ4n) is 4.99. The summed E-state index contributed by atoms with van der Waals surface area (Å²) in [5, 5.41) is 13.1. The molecule has 12 heteroatoms. The van der Waals surface area contributed by atoms with Gasteiger partial charge in [-0.3, -0.25) is 4.79 Å². The maximum Gasteiger partial charge on any atom is 0.316 e. The van der Waals surface area contributed by atoms with Crippen LogP contribution >= 0.6 is 34.8 Å². The number of carbonyl (C=O) groups is 1. The van der Waals surface area contributed by atoms with Crippen LogP contribution in [0.25, 0.3) is 0 Å². The molecule has 2 aliphatic rings. The van der Waals surface area contributed by atoms with Crippen molar-refractivity contribution >= 4 is 40.2 Å². The van der Waals surface area contributed by atoms with E-state index in [4.69, 9.17) is 34.8 Å². The smallest absolute Gasteiger partial charge is 0.316 e. The van der Waals surface area contributed by atoms with E-state index in [9.17, 15) is 4.79 Å². The monoisotopic (exact) mass is 586 g/mol. The SMILES string of the molecule is Clc1ccc(Cn2ncnc2[C@H]2CCCN2)cc1.O=C(Cl)N1CCC[C@@H]1c1ncnn1Cc1ccc(Cl)cc1. The van der Waals surface area contributed by atoms with Crippen molar-refractivity contribution in [2.45, 2.75) is 50.9 Å². The molecule has 0 aliphatic carbocycles. The quantitative estimate of drug-likeness (QED) is 0.224. The summed E-state index contributed by atoms with van der Waals surface area (Å²) in [6.45, 7) is 3.07. The van der Waals surface area contributed by atoms with Crippen LogP contribution in [0, 0.1) is 0 Å². The molecule has 1 N–H and O–H groups in total. The van der Waals surface area contributed by atoms with E-state index < -0.39 is 5.37 Å². The molecule has 6 rings (SSSR count). The summed E-state index contributed by atoms with van der Waals surface area (Å²) in [6.07, 6.45) is 7.28. The highest BCUT2D eigenvalue weighted by molar-refractivity contribution is 6.62. The highest BCUT2D eigenvalue weighted by Crippen LogP contribution is 2.31. The summed E-state index contributed by atoms with van der Waals surface area (Å²) < 4.78 is 3.78. The first kappa shape index (κ1) is 27.6. The maximum absolute atomic E-state index is 11.5. The van der Waals surface area contributed by atoms with Gasteiger partial charge in [-0.1, -0.05) is 47.5 Å². The zero-order chi connectivity index (χ0) is 27.2. The van der Waals surface area contributed by atoms with Gasteiger partial charge in [-0.2, -0.15) is 10.2 Å². The van der Waals surface area contributed by atoms with Gasteiger partial charge in [0.25, 0.3) is 0 Å². The number of aromatic nitrogens is 6. The Balaban J connectivity index is 0.000000160. The Kier molecular flexibility index (Phi) is 9.13. The number of likely N-dealkylation sites (tertiary alicyclic amines) is 1. The predicted octanol–water partition coefficient (Wildman–Crippen LogP) is 5.88. The summed E-state index contributed by atoms with van der Waals surface area (Å²) in [6, 6.07) is 15.7. The largest absolute Gasteiger partial charge is 0.319 e. The van der Waals surface area contributed by atoms with Crippen LogP contribution in [0.3, 0.4) is 0 Å². The second-order valence-electron chi connectivity index (χ2n) is 9.56. The highest BCUT2D eigenvalue weighted by atomic mass is 35.5. The molecule has 0 unspecified atom stereocenters. The fourth-order valence-corrected chi connectivity index (χ4v) is 5.45. The van der Waals surface area contributed by atoms with Crippen molar-refractivity contribution < 1.29 is 4.79 Å². The first-order valence-corrected chi connectivity index (χ1v) is 14.0. The molecule has 9 nitrogen and oxygen atoms in total. The number of halogens is 3. The van der Waals surface area contributed by atoms with Gasteiger partial charge in [-0.25, -0.2) is 19.3 Å². The van der Waals surface area contributed by atoms with Crippen LogP contribution in [0.2, 0.25) is 10.0 Å². The Morgan fingerprint density at radius 1 is 0.821 bits per heavy atom. The predicted molar refractivity (Wildman–Crippen MR) is 151 cm³/mol. The van der Waals surface area contributed by atoms with Gasteiger partial charge < -0.3 is 10.2 Å². The van der Waals surface area contributed by atoms with Gasteiger partial charge in [0.2, 0.25) is 0 Å². The van der Waals surface area contributed by atoms with Gasteiger partial charge in [-0.15, -0.1) is 0 Å². The molecule has 39 heavy (non-hydrogen) atoms. The molecule has 4 aromatic rings. The minimum Gasteiger partial charge on any atom is -0.319 e. The lowest BCUT2D eigenvalue weighted by Crippen LogP contribution is -2.28. The first-order chi connectivity index (χ1) is 19.0. The van der Waals surface area contributed by atoms with Crippen LogP contribution in [-0.2, 0) is 13.1 Å². The number of hydrogen-bond donors (Lipinski definition) is 1. The van der Waals surface area contributed by atoms with E-state index in [1.807, 2.05) is 57.9 Å². The third kappa shape index (κ3) is 6.97. The summed E-state index contributed by atoms with van der Waals surface area (Å²) in [7, 11) is 0. The van der Waals surface area contributed by atoms with Gasteiger partial charge in [0.1, 0.15) is 24.3 Å². The maximum atomic E-state index is 11.5. The molecule has 2 atom stereocenters. The van der Waals surface area contributed by atoms with Crippen LogP contribution in [0.1, 0.15) is 60.5 Å². The highest BCUT2D eigenvalue weighted by Gasteiger charge is 2.32. The lowest BCUT2D eigenvalue weighted by atomic mass is 10.2. The van der Waals surface area contributed by atoms with Crippen molar-refractivity contribution in [3.63, 3.8) is 0 Å². The summed E-state index contributed by atoms with van der Waals surface area (Å²) >= 11 is 17.4. The number of benzene rings is 2. The summed E-state index contributed by atoms with van der Waals surface area (Å²) in [4.78, 5) is 21.8. The Morgan fingerprint density at radius 2 is 1.38 bits per heavy atom. The fraction of sp³-hybridized carbons (Fsp3) is 0.370. The van der Waals surface area contributed by atoms with Crippen molar-refractivity contribution in [3.8, 4) is 0 Å². The Bertz CT molecular complexity index is 1370. The Hall–Kier alpha value is -2.98. The number of nitrogens with one attached hydrogen (secondary N) is 1. The average Bonchev–Trinajstić information content (AvgIpc) is 3.74. The molecule has 0 radical (unpaired) electrons. The second-order valence-corrected chi connectivity index (χ2v) is 10.8. The van der Waals surface area contributed by atoms with Crippen LogP contribution in [0.5, 0.6) is 0 Å². The van der Waals surface area contributed by atoms with Crippen molar-refractivity contribution in [2.24, 2.45) is 0 Å². The van der Waals surface area contributed by atoms with E-state index in [1.54, 1.807) is 11.2 Å². The number of nitrogens with zero attached hydrogens (tertiary/aromatic N) is 7. The topological polar surface area (TPSA) is 93.8 Å². The molecule has 1 amide bonds. The van der Waals surface area contributed by atoms with Crippen molar-refractivity contribution in [1.29, 1.82) is 0 Å². The number of amides is 1. The van der Waals surface area contributed by atoms with E-state index in [-0.39, 0.29) is 6.04 Å². The normalized spacial score (nSPS) is 18.7. The molecule has 4 heterocycles. The van der Waals surface area contributed by atoms with E-state index in [0.29, 0.717) is 24.2 Å². The van der Waals surface area contributed by atoms with Crippen molar-refractivity contribution in [3.05, 3.63) is 94.0 Å². The van der Waals surface area contributed by atoms with Crippen LogP contribution in [0.4, 0.5) is 4.79 Å². The average molecular weight is 588 g/mol. The first-order valence-electron chi connectivity index (χ1n) is 12.9. The number of hydrogen-bond acceptors (Lipinski definition) is 6. The van der Waals surface area contributed by atoms with Gasteiger partial charge in [-0.05, 0) is 79.2 Å². The minimum absolute atomic E-state index is 0.0928. The van der Waals surface area contributed by atoms with Crippen LogP contribution in [0.15, 0.2) is 61.2 Å². The minimum atomic E-state index is -0.432. The van der Waals surface area contributed by atoms with E-state index in [2.05, 4.69) is 25.5 Å². The van der Waals surface area contributed by atoms with E-state index in [0.717, 1.165) is 54.6 Å². The Labute approximate surface area is 242 Å². The van der Waals surface area contributed by atoms with Gasteiger partial charge in [0.15, 0.2) is 0 Å². The number of carbonyl (C=O) groups excluding carboxylic acids is 1. The van der Waals surface area contributed by atoms with Gasteiger partial charge in [0, 0.05) is 16.6 Å².